The van der Waals surface area contributed by atoms with Gasteiger partial charge in [-0.2, -0.15) is 0 Å². The fourth-order valence-corrected chi connectivity index (χ4v) is 1.98. The van der Waals surface area contributed by atoms with Gasteiger partial charge in [0.2, 0.25) is 0 Å². The van der Waals surface area contributed by atoms with Gasteiger partial charge in [-0.15, -0.1) is 0 Å². The largest absolute Gasteiger partial charge is 0.484 e. The molecule has 1 aromatic carbocycles. The highest BCUT2D eigenvalue weighted by Gasteiger charge is 2.20. The second-order valence-corrected chi connectivity index (χ2v) is 5.50. The summed E-state index contributed by atoms with van der Waals surface area (Å²) in [6.07, 6.45) is 4.17. The summed E-state index contributed by atoms with van der Waals surface area (Å²) in [5.41, 5.74) is 2.14. The van der Waals surface area contributed by atoms with E-state index >= 15 is 0 Å². The van der Waals surface area contributed by atoms with Crippen molar-refractivity contribution in [3.05, 3.63) is 48.2 Å². The Bertz CT molecular complexity index is 634. The first-order valence-corrected chi connectivity index (χ1v) is 7.41. The van der Waals surface area contributed by atoms with Gasteiger partial charge in [0.25, 0.3) is 5.91 Å². The van der Waals surface area contributed by atoms with Crippen molar-refractivity contribution in [1.82, 2.24) is 4.98 Å². The highest BCUT2D eigenvalue weighted by atomic mass is 16.5. The number of amides is 1. The van der Waals surface area contributed by atoms with E-state index in [4.69, 9.17) is 4.74 Å². The summed E-state index contributed by atoms with van der Waals surface area (Å²) in [4.78, 5) is 16.0. The number of hydrogen-bond acceptors (Lipinski definition) is 4. The lowest BCUT2D eigenvalue weighted by atomic mass is 10.2. The molecule has 0 saturated heterocycles. The van der Waals surface area contributed by atoms with Crippen molar-refractivity contribution in [2.24, 2.45) is 0 Å². The van der Waals surface area contributed by atoms with Crippen molar-refractivity contribution >= 4 is 17.4 Å². The lowest BCUT2D eigenvalue weighted by Gasteiger charge is -2.08. The van der Waals surface area contributed by atoms with Crippen LogP contribution in [0.2, 0.25) is 0 Å². The van der Waals surface area contributed by atoms with Crippen molar-refractivity contribution in [2.45, 2.75) is 25.8 Å². The van der Waals surface area contributed by atoms with E-state index < -0.39 is 0 Å². The van der Waals surface area contributed by atoms with Crippen LogP contribution in [-0.2, 0) is 4.79 Å². The van der Waals surface area contributed by atoms with Gasteiger partial charge in [0, 0.05) is 6.04 Å². The van der Waals surface area contributed by atoms with Gasteiger partial charge in [0.15, 0.2) is 6.61 Å². The molecule has 2 N–H and O–H groups in total. The Morgan fingerprint density at radius 3 is 2.64 bits per heavy atom. The van der Waals surface area contributed by atoms with Crippen molar-refractivity contribution in [1.29, 1.82) is 0 Å². The molecule has 0 aliphatic heterocycles. The zero-order valence-corrected chi connectivity index (χ0v) is 12.5. The molecule has 0 bridgehead atoms. The molecule has 1 aliphatic carbocycles. The zero-order valence-electron chi connectivity index (χ0n) is 12.5. The van der Waals surface area contributed by atoms with Gasteiger partial charge in [0.05, 0.1) is 11.9 Å². The maximum Gasteiger partial charge on any atom is 0.263 e. The average molecular weight is 297 g/mol. The van der Waals surface area contributed by atoms with Crippen molar-refractivity contribution in [3.8, 4) is 5.75 Å². The maximum absolute atomic E-state index is 11.8. The van der Waals surface area contributed by atoms with Crippen LogP contribution in [0, 0.1) is 6.92 Å². The molecule has 5 nitrogen and oxygen atoms in total. The molecule has 1 aromatic heterocycles. The van der Waals surface area contributed by atoms with Gasteiger partial charge in [-0.05, 0) is 44.0 Å². The lowest BCUT2D eigenvalue weighted by molar-refractivity contribution is -0.118. The summed E-state index contributed by atoms with van der Waals surface area (Å²) >= 11 is 0. The minimum absolute atomic E-state index is 0.0349. The van der Waals surface area contributed by atoms with Crippen LogP contribution in [0.15, 0.2) is 42.6 Å². The Morgan fingerprint density at radius 1 is 1.23 bits per heavy atom. The van der Waals surface area contributed by atoms with Crippen LogP contribution < -0.4 is 15.4 Å². The Morgan fingerprint density at radius 2 is 2.00 bits per heavy atom. The van der Waals surface area contributed by atoms with Crippen LogP contribution in [-0.4, -0.2) is 23.5 Å². The third-order valence-electron chi connectivity index (χ3n) is 3.37. The predicted molar refractivity (Wildman–Crippen MR) is 86.2 cm³/mol. The SMILES string of the molecule is Cc1ccc(OCC(=O)Nc2ccc(NC3CC3)cn2)cc1. The van der Waals surface area contributed by atoms with E-state index in [2.05, 4.69) is 15.6 Å². The fraction of sp³-hybridized carbons (Fsp3) is 0.294. The molecule has 22 heavy (non-hydrogen) atoms. The number of benzene rings is 1. The van der Waals surface area contributed by atoms with Gasteiger partial charge < -0.3 is 15.4 Å². The van der Waals surface area contributed by atoms with Crippen LogP contribution in [0.5, 0.6) is 5.75 Å². The highest BCUT2D eigenvalue weighted by molar-refractivity contribution is 5.91. The molecule has 3 rings (SSSR count). The van der Waals surface area contributed by atoms with E-state index in [0.717, 1.165) is 11.3 Å². The quantitative estimate of drug-likeness (QED) is 0.860. The van der Waals surface area contributed by atoms with E-state index in [9.17, 15) is 4.79 Å². The number of anilines is 2. The van der Waals surface area contributed by atoms with Gasteiger partial charge in [-0.25, -0.2) is 4.98 Å². The Labute approximate surface area is 129 Å². The first-order chi connectivity index (χ1) is 10.7. The van der Waals surface area contributed by atoms with E-state index in [1.165, 1.54) is 12.8 Å². The number of aryl methyl sites for hydroxylation is 1. The number of carbonyl (C=O) groups is 1. The third kappa shape index (κ3) is 4.22. The van der Waals surface area contributed by atoms with Crippen LogP contribution in [0.3, 0.4) is 0 Å². The third-order valence-corrected chi connectivity index (χ3v) is 3.37. The standard InChI is InChI=1S/C17H19N3O2/c1-12-2-7-15(8-3-12)22-11-17(21)20-16-9-6-14(10-18-16)19-13-4-5-13/h2-3,6-10,13,19H,4-5,11H2,1H3,(H,18,20,21). The molecular weight excluding hydrogens is 278 g/mol. The van der Waals surface area contributed by atoms with Crippen molar-refractivity contribution in [3.63, 3.8) is 0 Å². The molecule has 1 fully saturated rings. The summed E-state index contributed by atoms with van der Waals surface area (Å²) in [7, 11) is 0. The van der Waals surface area contributed by atoms with E-state index in [1.54, 1.807) is 12.3 Å². The predicted octanol–water partition coefficient (Wildman–Crippen LogP) is 2.98. The number of rotatable bonds is 6. The molecule has 5 heteroatoms. The van der Waals surface area contributed by atoms with Crippen LogP contribution in [0.4, 0.5) is 11.5 Å². The minimum Gasteiger partial charge on any atom is -0.484 e. The van der Waals surface area contributed by atoms with E-state index in [-0.39, 0.29) is 12.5 Å². The lowest BCUT2D eigenvalue weighted by Crippen LogP contribution is -2.20. The smallest absolute Gasteiger partial charge is 0.263 e. The number of carbonyl (C=O) groups excluding carboxylic acids is 1. The second kappa shape index (κ2) is 6.47. The average Bonchev–Trinajstić information content (AvgIpc) is 3.33. The normalized spacial score (nSPS) is 13.5. The molecule has 1 aliphatic rings. The van der Waals surface area contributed by atoms with E-state index in [1.807, 2.05) is 37.3 Å². The monoisotopic (exact) mass is 297 g/mol. The number of aromatic nitrogens is 1. The van der Waals surface area contributed by atoms with Crippen LogP contribution in [0.25, 0.3) is 0 Å². The first kappa shape index (κ1) is 14.4. The topological polar surface area (TPSA) is 63.2 Å². The minimum atomic E-state index is -0.226. The number of ether oxygens (including phenoxy) is 1. The van der Waals surface area contributed by atoms with E-state index in [0.29, 0.717) is 17.6 Å². The van der Waals surface area contributed by atoms with Crippen LogP contribution in [0.1, 0.15) is 18.4 Å². The Kier molecular flexibility index (Phi) is 4.23. The molecule has 0 atom stereocenters. The summed E-state index contributed by atoms with van der Waals surface area (Å²) in [6.45, 7) is 1.97. The second-order valence-electron chi connectivity index (χ2n) is 5.50. The number of pyridine rings is 1. The van der Waals surface area contributed by atoms with Gasteiger partial charge in [-0.3, -0.25) is 4.79 Å². The molecule has 1 amide bonds. The highest BCUT2D eigenvalue weighted by Crippen LogP contribution is 2.24. The van der Waals surface area contributed by atoms with Crippen molar-refractivity contribution in [2.75, 3.05) is 17.2 Å². The van der Waals surface area contributed by atoms with Gasteiger partial charge in [0.1, 0.15) is 11.6 Å². The fourth-order valence-electron chi connectivity index (χ4n) is 1.98. The number of hydrogen-bond donors (Lipinski definition) is 2. The molecule has 0 spiro atoms. The molecule has 114 valence electrons. The Balaban J connectivity index is 1.47. The molecule has 1 heterocycles. The number of nitrogens with zero attached hydrogens (tertiary/aromatic N) is 1. The summed E-state index contributed by atoms with van der Waals surface area (Å²) in [5.74, 6) is 0.979. The molecular formula is C17H19N3O2. The molecule has 1 saturated carbocycles. The summed E-state index contributed by atoms with van der Waals surface area (Å²) < 4.78 is 5.43. The number of nitrogens with one attached hydrogen (secondary N) is 2. The van der Waals surface area contributed by atoms with Crippen molar-refractivity contribution < 1.29 is 9.53 Å². The van der Waals surface area contributed by atoms with Crippen LogP contribution >= 0.6 is 0 Å². The Hall–Kier alpha value is -2.56. The molecule has 0 radical (unpaired) electrons. The summed E-state index contributed by atoms with van der Waals surface area (Å²) in [6, 6.07) is 11.9. The summed E-state index contributed by atoms with van der Waals surface area (Å²) in [5, 5.41) is 6.06. The maximum atomic E-state index is 11.8. The molecule has 0 unspecified atom stereocenters. The van der Waals surface area contributed by atoms with Gasteiger partial charge >= 0.3 is 0 Å². The van der Waals surface area contributed by atoms with Gasteiger partial charge in [-0.1, -0.05) is 17.7 Å². The zero-order chi connectivity index (χ0) is 15.4. The first-order valence-electron chi connectivity index (χ1n) is 7.41. The molecule has 2 aromatic rings.